The summed E-state index contributed by atoms with van der Waals surface area (Å²) in [5, 5.41) is 15.3. The van der Waals surface area contributed by atoms with E-state index in [1.54, 1.807) is 24.4 Å². The second kappa shape index (κ2) is 13.9. The molecule has 5 aromatic rings. The van der Waals surface area contributed by atoms with Gasteiger partial charge in [0, 0.05) is 27.0 Å². The van der Waals surface area contributed by atoms with Crippen molar-refractivity contribution in [1.82, 2.24) is 15.0 Å². The average Bonchev–Trinajstić information content (AvgIpc) is 2.94. The molecule has 2 heterocycles. The topological polar surface area (TPSA) is 106 Å². The van der Waals surface area contributed by atoms with Crippen molar-refractivity contribution in [1.29, 1.82) is 0 Å². The second-order valence-electron chi connectivity index (χ2n) is 7.76. The minimum absolute atomic E-state index is 0.218. The van der Waals surface area contributed by atoms with Gasteiger partial charge in [-0.15, -0.1) is 0 Å². The van der Waals surface area contributed by atoms with Gasteiger partial charge in [0.1, 0.15) is 0 Å². The molecule has 0 aliphatic rings. The van der Waals surface area contributed by atoms with E-state index in [9.17, 15) is 10.1 Å². The molecule has 2 aromatic heterocycles. The first-order chi connectivity index (χ1) is 18.5. The Morgan fingerprint density at radius 1 is 0.868 bits per heavy atom. The molecule has 0 bridgehead atoms. The van der Waals surface area contributed by atoms with Crippen LogP contribution < -0.4 is 10.0 Å². The fourth-order valence-electron chi connectivity index (χ4n) is 3.69. The largest absolute Gasteiger partial charge is 0.335 e. The molecule has 38 heavy (non-hydrogen) atoms. The van der Waals surface area contributed by atoms with E-state index in [1.807, 2.05) is 83.1 Å². The third kappa shape index (κ3) is 7.17. The number of hydrogen-bond donors (Lipinski definition) is 2. The Kier molecular flexibility index (Phi) is 10.4. The quantitative estimate of drug-likeness (QED) is 0.124. The summed E-state index contributed by atoms with van der Waals surface area (Å²) >= 11 is 1.32. The highest BCUT2D eigenvalue weighted by molar-refractivity contribution is 8.00. The van der Waals surface area contributed by atoms with Crippen LogP contribution >= 0.6 is 11.9 Å². The van der Waals surface area contributed by atoms with Crippen molar-refractivity contribution < 1.29 is 4.92 Å². The lowest BCUT2D eigenvalue weighted by molar-refractivity contribution is -0.496. The molecule has 196 valence electrons. The third-order valence-corrected chi connectivity index (χ3v) is 5.93. The summed E-state index contributed by atoms with van der Waals surface area (Å²) in [5.74, 6) is 1.11. The van der Waals surface area contributed by atoms with Gasteiger partial charge in [-0.25, -0.2) is 9.97 Å². The van der Waals surface area contributed by atoms with Gasteiger partial charge in [-0.05, 0) is 66.9 Å². The van der Waals surface area contributed by atoms with Crippen LogP contribution in [0.3, 0.4) is 0 Å². The summed E-state index contributed by atoms with van der Waals surface area (Å²) in [6.07, 6.45) is 1.77. The fraction of sp³-hybridized carbons (Fsp3) is 0.207. The summed E-state index contributed by atoms with van der Waals surface area (Å²) in [6, 6.07) is 23.0. The zero-order chi connectivity index (χ0) is 27.5. The highest BCUT2D eigenvalue weighted by atomic mass is 32.2. The van der Waals surface area contributed by atoms with E-state index in [4.69, 9.17) is 9.97 Å². The van der Waals surface area contributed by atoms with E-state index in [0.717, 1.165) is 38.1 Å². The first-order valence-corrected chi connectivity index (χ1v) is 13.4. The van der Waals surface area contributed by atoms with Gasteiger partial charge in [0.05, 0.1) is 22.2 Å². The van der Waals surface area contributed by atoms with Crippen molar-refractivity contribution in [2.24, 2.45) is 0 Å². The maximum absolute atomic E-state index is 10.9. The molecular formula is C29H32N6O2S. The lowest BCUT2D eigenvalue weighted by atomic mass is 10.1. The van der Waals surface area contributed by atoms with E-state index in [2.05, 4.69) is 21.1 Å². The van der Waals surface area contributed by atoms with Gasteiger partial charge in [0.2, 0.25) is 6.54 Å². The number of fused-ring (bicyclic) bond motifs is 2. The number of pyridine rings is 1. The van der Waals surface area contributed by atoms with Crippen LogP contribution in [0.2, 0.25) is 0 Å². The number of nitro groups is 1. The van der Waals surface area contributed by atoms with E-state index in [-0.39, 0.29) is 11.5 Å². The van der Waals surface area contributed by atoms with Crippen LogP contribution in [0.4, 0.5) is 17.3 Å². The molecule has 5 rings (SSSR count). The molecule has 0 saturated carbocycles. The van der Waals surface area contributed by atoms with Crippen LogP contribution in [0, 0.1) is 17.0 Å². The van der Waals surface area contributed by atoms with E-state index in [0.29, 0.717) is 17.2 Å². The van der Waals surface area contributed by atoms with Crippen LogP contribution in [0.5, 0.6) is 0 Å². The molecule has 0 aliphatic heterocycles. The molecule has 0 atom stereocenters. The average molecular weight is 529 g/mol. The van der Waals surface area contributed by atoms with Gasteiger partial charge in [-0.2, -0.15) is 0 Å². The van der Waals surface area contributed by atoms with Crippen molar-refractivity contribution in [3.63, 3.8) is 0 Å². The zero-order valence-electron chi connectivity index (χ0n) is 22.2. The molecule has 0 unspecified atom stereocenters. The standard InChI is InChI=1S/C25H20N6O2S.2C2H6/c1-16-12-18-7-5-11-26-23(18)22(13-16)29-24-25(28-21-10-3-2-9-20(21)27-24)30-34-19-8-4-6-17(14-19)15-31(32)33;2*1-2/h2-14H,15H2,1H3,(H,27,29)(H,28,30);2*1-2H3. The normalized spacial score (nSPS) is 10.1. The summed E-state index contributed by atoms with van der Waals surface area (Å²) in [4.78, 5) is 25.5. The molecule has 0 amide bonds. The summed E-state index contributed by atoms with van der Waals surface area (Å²) in [7, 11) is 0. The van der Waals surface area contributed by atoms with Crippen molar-refractivity contribution in [2.75, 3.05) is 10.0 Å². The lowest BCUT2D eigenvalue weighted by Crippen LogP contribution is -2.03. The summed E-state index contributed by atoms with van der Waals surface area (Å²) in [5.41, 5.74) is 4.93. The van der Waals surface area contributed by atoms with E-state index in [1.165, 1.54) is 11.9 Å². The highest BCUT2D eigenvalue weighted by Crippen LogP contribution is 2.32. The molecule has 0 radical (unpaired) electrons. The molecule has 8 nitrogen and oxygen atoms in total. The molecular weight excluding hydrogens is 496 g/mol. The maximum Gasteiger partial charge on any atom is 0.228 e. The minimum Gasteiger partial charge on any atom is -0.335 e. The van der Waals surface area contributed by atoms with Crippen molar-refractivity contribution in [3.05, 3.63) is 100 Å². The third-order valence-electron chi connectivity index (χ3n) is 5.15. The van der Waals surface area contributed by atoms with Gasteiger partial charge in [-0.3, -0.25) is 15.1 Å². The summed E-state index contributed by atoms with van der Waals surface area (Å²) < 4.78 is 3.28. The number of aryl methyl sites for hydroxylation is 1. The number of para-hydroxylation sites is 2. The highest BCUT2D eigenvalue weighted by Gasteiger charge is 2.13. The number of aromatic nitrogens is 3. The van der Waals surface area contributed by atoms with Crippen LogP contribution in [0.25, 0.3) is 21.9 Å². The number of benzene rings is 3. The van der Waals surface area contributed by atoms with Crippen LogP contribution in [-0.4, -0.2) is 19.9 Å². The van der Waals surface area contributed by atoms with Crippen molar-refractivity contribution in [2.45, 2.75) is 46.1 Å². The Morgan fingerprint density at radius 3 is 2.29 bits per heavy atom. The Labute approximate surface area is 227 Å². The predicted molar refractivity (Wildman–Crippen MR) is 159 cm³/mol. The van der Waals surface area contributed by atoms with Crippen molar-refractivity contribution >= 4 is 51.2 Å². The molecule has 2 N–H and O–H groups in total. The molecule has 0 saturated heterocycles. The molecule has 0 spiro atoms. The Morgan fingerprint density at radius 2 is 1.58 bits per heavy atom. The number of rotatable bonds is 7. The monoisotopic (exact) mass is 528 g/mol. The summed E-state index contributed by atoms with van der Waals surface area (Å²) in [6.45, 7) is 9.82. The zero-order valence-corrected chi connectivity index (χ0v) is 23.0. The molecule has 0 fully saturated rings. The van der Waals surface area contributed by atoms with E-state index >= 15 is 0 Å². The Hall–Kier alpha value is -4.24. The SMILES string of the molecule is CC.CC.Cc1cc(Nc2nc3ccccc3nc2NSc2cccc(C[N+](=O)[O-])c2)c2ncccc2c1. The lowest BCUT2D eigenvalue weighted by Gasteiger charge is -2.15. The minimum atomic E-state index is -0.339. The number of anilines is 3. The van der Waals surface area contributed by atoms with Gasteiger partial charge in [-0.1, -0.05) is 58.0 Å². The molecule has 3 aromatic carbocycles. The van der Waals surface area contributed by atoms with Gasteiger partial charge in [0.25, 0.3) is 0 Å². The maximum atomic E-state index is 10.9. The number of nitrogens with zero attached hydrogens (tertiary/aromatic N) is 4. The van der Waals surface area contributed by atoms with Crippen LogP contribution in [0.15, 0.2) is 83.9 Å². The van der Waals surface area contributed by atoms with Gasteiger partial charge < -0.3 is 10.0 Å². The van der Waals surface area contributed by atoms with Gasteiger partial charge in [0.15, 0.2) is 11.6 Å². The molecule has 0 aliphatic carbocycles. The number of hydrogen-bond acceptors (Lipinski definition) is 8. The smallest absolute Gasteiger partial charge is 0.228 e. The Balaban J connectivity index is 0.000000956. The predicted octanol–water partition coefficient (Wildman–Crippen LogP) is 8.18. The van der Waals surface area contributed by atoms with E-state index < -0.39 is 0 Å². The first-order valence-electron chi connectivity index (χ1n) is 12.6. The first kappa shape index (κ1) is 28.3. The Bertz CT molecular complexity index is 1530. The van der Waals surface area contributed by atoms with Crippen LogP contribution in [-0.2, 0) is 6.54 Å². The second-order valence-corrected chi connectivity index (χ2v) is 8.64. The van der Waals surface area contributed by atoms with Crippen molar-refractivity contribution in [3.8, 4) is 0 Å². The fourth-order valence-corrected chi connectivity index (χ4v) is 4.40. The molecule has 9 heteroatoms. The number of nitrogens with one attached hydrogen (secondary N) is 2. The van der Waals surface area contributed by atoms with Crippen LogP contribution in [0.1, 0.15) is 38.8 Å². The van der Waals surface area contributed by atoms with Gasteiger partial charge >= 0.3 is 0 Å².